The molecule has 1 N–H and O–H groups in total. The van der Waals surface area contributed by atoms with Crippen LogP contribution in [-0.2, 0) is 12.2 Å². The van der Waals surface area contributed by atoms with E-state index < -0.39 is 0 Å². The first-order valence-electron chi connectivity index (χ1n) is 7.50. The first kappa shape index (κ1) is 16.0. The van der Waals surface area contributed by atoms with Crippen molar-refractivity contribution < 1.29 is 0 Å². The summed E-state index contributed by atoms with van der Waals surface area (Å²) in [6.45, 7) is 0. The second kappa shape index (κ2) is 7.62. The molecule has 5 heteroatoms. The van der Waals surface area contributed by atoms with Gasteiger partial charge in [0, 0.05) is 12.2 Å². The molecule has 4 nitrogen and oxygen atoms in total. The predicted octanol–water partition coefficient (Wildman–Crippen LogP) is 3.52. The number of benzene rings is 2. The molecule has 0 amide bonds. The number of H-pyrrole nitrogens is 1. The normalized spacial score (nSPS) is 10.3. The quantitative estimate of drug-likeness (QED) is 0.573. The standard InChI is InChI=1S/C19H15N3OS/c20-12-16-17(11-14-7-3-1-4-8-14)21-19(22-18(16)23)24-13-15-9-5-2-6-10-15/h1-10H,11,13H2,(H,21,22,23). The number of thioether (sulfide) groups is 1. The number of aromatic amines is 1. The molecule has 0 spiro atoms. The molecule has 24 heavy (non-hydrogen) atoms. The van der Waals surface area contributed by atoms with Crippen LogP contribution in [0.15, 0.2) is 70.6 Å². The van der Waals surface area contributed by atoms with Crippen molar-refractivity contribution in [1.29, 1.82) is 5.26 Å². The molecule has 0 unspecified atom stereocenters. The van der Waals surface area contributed by atoms with Crippen molar-refractivity contribution in [1.82, 2.24) is 9.97 Å². The topological polar surface area (TPSA) is 69.5 Å². The van der Waals surface area contributed by atoms with Crippen LogP contribution in [0.25, 0.3) is 0 Å². The average Bonchev–Trinajstić information content (AvgIpc) is 2.62. The zero-order chi connectivity index (χ0) is 16.8. The molecular formula is C19H15N3OS. The number of hydrogen-bond acceptors (Lipinski definition) is 4. The van der Waals surface area contributed by atoms with Gasteiger partial charge in [-0.15, -0.1) is 0 Å². The summed E-state index contributed by atoms with van der Waals surface area (Å²) in [7, 11) is 0. The van der Waals surface area contributed by atoms with Crippen molar-refractivity contribution in [3.8, 4) is 6.07 Å². The fourth-order valence-corrected chi connectivity index (χ4v) is 3.16. The van der Waals surface area contributed by atoms with Crippen molar-refractivity contribution in [3.63, 3.8) is 0 Å². The lowest BCUT2D eigenvalue weighted by atomic mass is 10.1. The molecule has 118 valence electrons. The molecule has 1 heterocycles. The van der Waals surface area contributed by atoms with E-state index >= 15 is 0 Å². The molecule has 0 fully saturated rings. The Balaban J connectivity index is 1.86. The van der Waals surface area contributed by atoms with Crippen molar-refractivity contribution in [2.24, 2.45) is 0 Å². The van der Waals surface area contributed by atoms with Crippen molar-refractivity contribution >= 4 is 11.8 Å². The highest BCUT2D eigenvalue weighted by Crippen LogP contribution is 2.19. The number of hydrogen-bond donors (Lipinski definition) is 1. The summed E-state index contributed by atoms with van der Waals surface area (Å²) < 4.78 is 0. The van der Waals surface area contributed by atoms with Gasteiger partial charge in [-0.1, -0.05) is 72.4 Å². The minimum atomic E-state index is -0.381. The summed E-state index contributed by atoms with van der Waals surface area (Å²) in [5.41, 5.74) is 2.39. The highest BCUT2D eigenvalue weighted by molar-refractivity contribution is 7.98. The van der Waals surface area contributed by atoms with Crippen LogP contribution in [0.1, 0.15) is 22.4 Å². The van der Waals surface area contributed by atoms with Crippen LogP contribution in [0, 0.1) is 11.3 Å². The summed E-state index contributed by atoms with van der Waals surface area (Å²) in [4.78, 5) is 19.4. The van der Waals surface area contributed by atoms with Gasteiger partial charge in [0.25, 0.3) is 5.56 Å². The molecule has 0 aliphatic heterocycles. The third-order valence-corrected chi connectivity index (χ3v) is 4.46. The zero-order valence-corrected chi connectivity index (χ0v) is 13.7. The molecule has 1 aromatic heterocycles. The average molecular weight is 333 g/mol. The molecule has 0 saturated carbocycles. The van der Waals surface area contributed by atoms with Crippen LogP contribution in [0.4, 0.5) is 0 Å². The summed E-state index contributed by atoms with van der Waals surface area (Å²) in [6, 6.07) is 21.7. The maximum atomic E-state index is 12.2. The number of nitrogens with zero attached hydrogens (tertiary/aromatic N) is 2. The van der Waals surface area contributed by atoms with Gasteiger partial charge in [-0.2, -0.15) is 5.26 Å². The maximum Gasteiger partial charge on any atom is 0.269 e. The molecule has 0 aliphatic rings. The largest absolute Gasteiger partial charge is 0.300 e. The molecule has 0 aliphatic carbocycles. The molecule has 0 bridgehead atoms. The summed E-state index contributed by atoms with van der Waals surface area (Å²) in [6.07, 6.45) is 0.465. The Kier molecular flexibility index (Phi) is 5.09. The Labute approximate surface area is 144 Å². The van der Waals surface area contributed by atoms with E-state index in [-0.39, 0.29) is 11.1 Å². The fourth-order valence-electron chi connectivity index (χ4n) is 2.32. The van der Waals surface area contributed by atoms with E-state index in [1.807, 2.05) is 66.7 Å². The summed E-state index contributed by atoms with van der Waals surface area (Å²) in [5.74, 6) is 0.709. The Morgan fingerprint density at radius 2 is 1.62 bits per heavy atom. The lowest BCUT2D eigenvalue weighted by Crippen LogP contribution is -2.17. The monoisotopic (exact) mass is 333 g/mol. The van der Waals surface area contributed by atoms with E-state index in [2.05, 4.69) is 9.97 Å². The second-order valence-electron chi connectivity index (χ2n) is 5.24. The SMILES string of the molecule is N#Cc1c(Cc2ccccc2)nc(SCc2ccccc2)[nH]c1=O. The van der Waals surface area contributed by atoms with Gasteiger partial charge in [-0.25, -0.2) is 4.98 Å². The number of nitrogens with one attached hydrogen (secondary N) is 1. The predicted molar refractivity (Wildman–Crippen MR) is 94.8 cm³/mol. The molecule has 2 aromatic carbocycles. The molecule has 0 saturated heterocycles. The van der Waals surface area contributed by atoms with Gasteiger partial charge in [0.2, 0.25) is 0 Å². The Morgan fingerprint density at radius 1 is 1.00 bits per heavy atom. The van der Waals surface area contributed by atoms with Gasteiger partial charge in [0.05, 0.1) is 5.69 Å². The van der Waals surface area contributed by atoms with Gasteiger partial charge >= 0.3 is 0 Å². The Morgan fingerprint density at radius 3 is 2.25 bits per heavy atom. The summed E-state index contributed by atoms with van der Waals surface area (Å²) >= 11 is 1.46. The minimum Gasteiger partial charge on any atom is -0.300 e. The smallest absolute Gasteiger partial charge is 0.269 e. The van der Waals surface area contributed by atoms with E-state index in [4.69, 9.17) is 0 Å². The molecule has 0 atom stereocenters. The third-order valence-electron chi connectivity index (χ3n) is 3.52. The van der Waals surface area contributed by atoms with Gasteiger partial charge in [0.1, 0.15) is 11.6 Å². The van der Waals surface area contributed by atoms with Gasteiger partial charge in [0.15, 0.2) is 5.16 Å². The lowest BCUT2D eigenvalue weighted by Gasteiger charge is -2.06. The van der Waals surface area contributed by atoms with Crippen LogP contribution in [0.5, 0.6) is 0 Å². The molecule has 0 radical (unpaired) electrons. The van der Waals surface area contributed by atoms with Crippen LogP contribution in [0.2, 0.25) is 0 Å². The Bertz CT molecular complexity index is 915. The van der Waals surface area contributed by atoms with E-state index in [1.165, 1.54) is 11.8 Å². The van der Waals surface area contributed by atoms with E-state index in [1.54, 1.807) is 0 Å². The fraction of sp³-hybridized carbons (Fsp3) is 0.105. The van der Waals surface area contributed by atoms with E-state index in [0.717, 1.165) is 11.1 Å². The highest BCUT2D eigenvalue weighted by atomic mass is 32.2. The molecule has 3 rings (SSSR count). The number of nitriles is 1. The minimum absolute atomic E-state index is 0.0860. The van der Waals surface area contributed by atoms with Crippen molar-refractivity contribution in [3.05, 3.63) is 93.4 Å². The highest BCUT2D eigenvalue weighted by Gasteiger charge is 2.12. The van der Waals surface area contributed by atoms with E-state index in [9.17, 15) is 10.1 Å². The Hall–Kier alpha value is -2.84. The number of rotatable bonds is 5. The van der Waals surface area contributed by atoms with Gasteiger partial charge in [-0.3, -0.25) is 4.79 Å². The lowest BCUT2D eigenvalue weighted by molar-refractivity contribution is 0.870. The summed E-state index contributed by atoms with van der Waals surface area (Å²) in [5, 5.41) is 9.80. The van der Waals surface area contributed by atoms with Crippen LogP contribution in [-0.4, -0.2) is 9.97 Å². The first-order chi connectivity index (χ1) is 11.8. The third kappa shape index (κ3) is 3.92. The first-order valence-corrected chi connectivity index (χ1v) is 8.49. The van der Waals surface area contributed by atoms with Crippen molar-refractivity contribution in [2.45, 2.75) is 17.3 Å². The van der Waals surface area contributed by atoms with Crippen LogP contribution < -0.4 is 5.56 Å². The number of aromatic nitrogens is 2. The van der Waals surface area contributed by atoms with Crippen LogP contribution >= 0.6 is 11.8 Å². The molecule has 3 aromatic rings. The van der Waals surface area contributed by atoms with E-state index in [0.29, 0.717) is 23.0 Å². The van der Waals surface area contributed by atoms with Crippen molar-refractivity contribution in [2.75, 3.05) is 0 Å². The second-order valence-corrected chi connectivity index (χ2v) is 6.21. The maximum absolute atomic E-state index is 12.2. The van der Waals surface area contributed by atoms with Gasteiger partial charge < -0.3 is 4.98 Å². The zero-order valence-electron chi connectivity index (χ0n) is 12.9. The van der Waals surface area contributed by atoms with Crippen LogP contribution in [0.3, 0.4) is 0 Å². The molecular weight excluding hydrogens is 318 g/mol. The van der Waals surface area contributed by atoms with Gasteiger partial charge in [-0.05, 0) is 11.1 Å².